The molecule has 1 spiro atoms. The van der Waals surface area contributed by atoms with Crippen LogP contribution in [0.5, 0.6) is 0 Å². The van der Waals surface area contributed by atoms with Crippen molar-refractivity contribution in [2.75, 3.05) is 11.9 Å². The molecule has 2 aliphatic heterocycles. The van der Waals surface area contributed by atoms with Gasteiger partial charge in [0.25, 0.3) is 5.91 Å². The second-order valence-electron chi connectivity index (χ2n) is 5.56. The van der Waals surface area contributed by atoms with Gasteiger partial charge in [-0.1, -0.05) is 59.8 Å². The molecule has 4 nitrogen and oxygen atoms in total. The number of hydrogen-bond donors (Lipinski definition) is 1. The Bertz CT molecular complexity index is 800. The molecule has 2 aliphatic rings. The zero-order valence-corrected chi connectivity index (χ0v) is 13.1. The first-order valence-electron chi connectivity index (χ1n) is 7.10. The highest BCUT2D eigenvalue weighted by molar-refractivity contribution is 8.16. The maximum absolute atomic E-state index is 12.8. The predicted molar refractivity (Wildman–Crippen MR) is 90.0 cm³/mol. The Morgan fingerprint density at radius 1 is 1.14 bits per heavy atom. The number of carbonyl (C=O) groups excluding carboxylic acids is 1. The Kier molecular flexibility index (Phi) is 2.81. The zero-order chi connectivity index (χ0) is 15.3. The molecule has 5 heteroatoms. The second-order valence-corrected chi connectivity index (χ2v) is 6.76. The minimum atomic E-state index is -0.828. The molecule has 2 aromatic carbocycles. The fourth-order valence-electron chi connectivity index (χ4n) is 2.87. The number of carbonyl (C=O) groups is 1. The minimum absolute atomic E-state index is 0.0181. The van der Waals surface area contributed by atoms with Crippen LogP contribution in [0.2, 0.25) is 0 Å². The smallest absolute Gasteiger partial charge is 0.269 e. The number of likely N-dealkylation sites (N-methyl/N-ethyl adjacent to an activating group) is 1. The Morgan fingerprint density at radius 2 is 1.86 bits per heavy atom. The summed E-state index contributed by atoms with van der Waals surface area (Å²) < 4.78 is 0. The van der Waals surface area contributed by atoms with Gasteiger partial charge in [-0.05, 0) is 13.0 Å². The highest BCUT2D eigenvalue weighted by atomic mass is 32.2. The summed E-state index contributed by atoms with van der Waals surface area (Å²) in [6, 6.07) is 16.0. The molecule has 22 heavy (non-hydrogen) atoms. The maximum atomic E-state index is 12.8. The molecule has 0 fully saturated rings. The van der Waals surface area contributed by atoms with Crippen molar-refractivity contribution in [3.8, 4) is 0 Å². The number of aryl methyl sites for hydroxylation is 1. The third-order valence-corrected chi connectivity index (χ3v) is 5.43. The number of rotatable bonds is 1. The molecule has 2 heterocycles. The van der Waals surface area contributed by atoms with Gasteiger partial charge in [-0.15, -0.1) is 0 Å². The van der Waals surface area contributed by atoms with Gasteiger partial charge in [-0.25, -0.2) is 0 Å². The topological polar surface area (TPSA) is 44.7 Å². The number of amides is 1. The van der Waals surface area contributed by atoms with Crippen LogP contribution < -0.4 is 10.3 Å². The lowest BCUT2D eigenvalue weighted by molar-refractivity contribution is -0.120. The normalized spacial score (nSPS) is 22.7. The van der Waals surface area contributed by atoms with Crippen LogP contribution in [0.15, 0.2) is 53.6 Å². The number of thioether (sulfide) groups is 1. The van der Waals surface area contributed by atoms with Gasteiger partial charge in [0.2, 0.25) is 4.87 Å². The van der Waals surface area contributed by atoms with Gasteiger partial charge >= 0.3 is 0 Å². The first kappa shape index (κ1) is 13.4. The molecule has 4 rings (SSSR count). The average Bonchev–Trinajstić information content (AvgIpc) is 3.07. The van der Waals surface area contributed by atoms with Gasteiger partial charge in [0.1, 0.15) is 5.04 Å². The number of hydrazone groups is 1. The van der Waals surface area contributed by atoms with Gasteiger partial charge in [-0.2, -0.15) is 5.10 Å². The van der Waals surface area contributed by atoms with Gasteiger partial charge in [0.05, 0.1) is 5.69 Å². The van der Waals surface area contributed by atoms with E-state index < -0.39 is 4.87 Å². The van der Waals surface area contributed by atoms with E-state index in [1.165, 1.54) is 17.3 Å². The second kappa shape index (κ2) is 4.61. The average molecular weight is 309 g/mol. The van der Waals surface area contributed by atoms with E-state index >= 15 is 0 Å². The van der Waals surface area contributed by atoms with Gasteiger partial charge in [0, 0.05) is 18.2 Å². The molecule has 0 saturated carbocycles. The fourth-order valence-corrected chi connectivity index (χ4v) is 4.10. The van der Waals surface area contributed by atoms with Crippen molar-refractivity contribution in [3.63, 3.8) is 0 Å². The third kappa shape index (κ3) is 1.72. The Hall–Kier alpha value is -2.27. The van der Waals surface area contributed by atoms with Crippen molar-refractivity contribution in [3.05, 3.63) is 65.2 Å². The van der Waals surface area contributed by atoms with Crippen LogP contribution in [0, 0.1) is 6.92 Å². The van der Waals surface area contributed by atoms with Gasteiger partial charge in [0.15, 0.2) is 0 Å². The summed E-state index contributed by atoms with van der Waals surface area (Å²) >= 11 is 1.48. The van der Waals surface area contributed by atoms with E-state index in [-0.39, 0.29) is 5.91 Å². The van der Waals surface area contributed by atoms with Gasteiger partial charge < -0.3 is 4.90 Å². The number of hydrogen-bond acceptors (Lipinski definition) is 4. The molecule has 0 radical (unpaired) electrons. The van der Waals surface area contributed by atoms with E-state index in [1.807, 2.05) is 43.4 Å². The molecule has 1 atom stereocenters. The van der Waals surface area contributed by atoms with E-state index in [0.717, 1.165) is 21.9 Å². The maximum Gasteiger partial charge on any atom is 0.269 e. The quantitative estimate of drug-likeness (QED) is 0.881. The fraction of sp³-hybridized carbons (Fsp3) is 0.176. The summed E-state index contributed by atoms with van der Waals surface area (Å²) in [5.74, 6) is 0.0181. The van der Waals surface area contributed by atoms with E-state index in [0.29, 0.717) is 0 Å². The lowest BCUT2D eigenvalue weighted by Gasteiger charge is -2.20. The molecule has 0 unspecified atom stereocenters. The van der Waals surface area contributed by atoms with Crippen LogP contribution in [-0.2, 0) is 9.67 Å². The van der Waals surface area contributed by atoms with E-state index in [9.17, 15) is 4.79 Å². The first-order chi connectivity index (χ1) is 10.6. The molecule has 1 N–H and O–H groups in total. The van der Waals surface area contributed by atoms with Crippen LogP contribution in [0.4, 0.5) is 5.69 Å². The Morgan fingerprint density at radius 3 is 2.64 bits per heavy atom. The Labute approximate surface area is 133 Å². The number of anilines is 1. The van der Waals surface area contributed by atoms with E-state index in [1.54, 1.807) is 4.90 Å². The SMILES string of the molecule is Cc1ccc(C2=NN[C@@]3(S2)C(=O)N(C)c2ccccc23)cc1. The summed E-state index contributed by atoms with van der Waals surface area (Å²) in [7, 11) is 1.81. The van der Waals surface area contributed by atoms with Crippen molar-refractivity contribution in [1.29, 1.82) is 0 Å². The lowest BCUT2D eigenvalue weighted by atomic mass is 10.1. The molecule has 110 valence electrons. The van der Waals surface area contributed by atoms with Crippen LogP contribution in [0.25, 0.3) is 0 Å². The molecule has 0 aliphatic carbocycles. The van der Waals surface area contributed by atoms with Crippen molar-refractivity contribution < 1.29 is 4.79 Å². The van der Waals surface area contributed by atoms with Crippen molar-refractivity contribution in [1.82, 2.24) is 5.43 Å². The summed E-state index contributed by atoms with van der Waals surface area (Å²) in [4.78, 5) is 13.7. The van der Waals surface area contributed by atoms with Crippen LogP contribution in [-0.4, -0.2) is 18.0 Å². The third-order valence-electron chi connectivity index (χ3n) is 4.11. The summed E-state index contributed by atoms with van der Waals surface area (Å²) in [6.45, 7) is 2.05. The van der Waals surface area contributed by atoms with Crippen molar-refractivity contribution in [2.24, 2.45) is 5.10 Å². The number of nitrogens with one attached hydrogen (secondary N) is 1. The predicted octanol–water partition coefficient (Wildman–Crippen LogP) is 2.82. The molecular formula is C17H15N3OS. The summed E-state index contributed by atoms with van der Waals surface area (Å²) in [6.07, 6.45) is 0. The summed E-state index contributed by atoms with van der Waals surface area (Å²) in [5.41, 5.74) is 7.23. The zero-order valence-electron chi connectivity index (χ0n) is 12.3. The van der Waals surface area contributed by atoms with E-state index in [2.05, 4.69) is 29.6 Å². The molecular weight excluding hydrogens is 294 g/mol. The van der Waals surface area contributed by atoms with Crippen LogP contribution in [0.1, 0.15) is 16.7 Å². The minimum Gasteiger partial charge on any atom is -0.312 e. The Balaban J connectivity index is 1.74. The van der Waals surface area contributed by atoms with Crippen molar-refractivity contribution >= 4 is 28.4 Å². The number of benzene rings is 2. The lowest BCUT2D eigenvalue weighted by Crippen LogP contribution is -2.43. The highest BCUT2D eigenvalue weighted by Gasteiger charge is 2.54. The first-order valence-corrected chi connectivity index (χ1v) is 7.92. The standard InChI is InChI=1S/C17H15N3OS/c1-11-7-9-12(10-8-11)15-18-19-17(22-15)13-5-3-4-6-14(13)20(2)16(17)21/h3-10,19H,1-2H3/t17-/m0/s1. The van der Waals surface area contributed by atoms with Crippen molar-refractivity contribution in [2.45, 2.75) is 11.8 Å². The van der Waals surface area contributed by atoms with Crippen LogP contribution in [0.3, 0.4) is 0 Å². The summed E-state index contributed by atoms with van der Waals surface area (Å²) in [5, 5.41) is 5.28. The number of para-hydroxylation sites is 1. The molecule has 2 aromatic rings. The highest BCUT2D eigenvalue weighted by Crippen LogP contribution is 2.49. The molecule has 0 bridgehead atoms. The van der Waals surface area contributed by atoms with Gasteiger partial charge in [-0.3, -0.25) is 10.2 Å². The number of nitrogens with zero attached hydrogens (tertiary/aromatic N) is 2. The number of fused-ring (bicyclic) bond motifs is 2. The molecule has 0 aromatic heterocycles. The monoisotopic (exact) mass is 309 g/mol. The van der Waals surface area contributed by atoms with E-state index in [4.69, 9.17) is 0 Å². The molecule has 1 amide bonds. The largest absolute Gasteiger partial charge is 0.312 e. The molecule has 0 saturated heterocycles. The van der Waals surface area contributed by atoms with Crippen LogP contribution >= 0.6 is 11.8 Å².